The molecule has 0 aromatic heterocycles. The maximum absolute atomic E-state index is 12.3. The fourth-order valence-electron chi connectivity index (χ4n) is 3.64. The molecule has 0 spiro atoms. The predicted molar refractivity (Wildman–Crippen MR) is 113 cm³/mol. The Morgan fingerprint density at radius 1 is 0.935 bits per heavy atom. The number of methoxy groups -OCH3 is 2. The van der Waals surface area contributed by atoms with Gasteiger partial charge in [0.2, 0.25) is 0 Å². The zero-order chi connectivity index (χ0) is 22.5. The van der Waals surface area contributed by atoms with Gasteiger partial charge in [0.1, 0.15) is 11.4 Å². The van der Waals surface area contributed by atoms with Gasteiger partial charge in [0.15, 0.2) is 0 Å². The number of hydrogen-bond acceptors (Lipinski definition) is 9. The first-order chi connectivity index (χ1) is 14.8. The number of rotatable bonds is 6. The number of anilines is 2. The lowest BCUT2D eigenvalue weighted by atomic mass is 10.1. The maximum Gasteiger partial charge on any atom is 0.340 e. The van der Waals surface area contributed by atoms with Gasteiger partial charge in [0, 0.05) is 37.9 Å². The summed E-state index contributed by atoms with van der Waals surface area (Å²) >= 11 is 0. The van der Waals surface area contributed by atoms with Gasteiger partial charge in [0.05, 0.1) is 35.7 Å². The Bertz CT molecular complexity index is 994. The molecule has 0 radical (unpaired) electrons. The van der Waals surface area contributed by atoms with Crippen molar-refractivity contribution in [3.05, 3.63) is 62.2 Å². The summed E-state index contributed by atoms with van der Waals surface area (Å²) in [5.74, 6) is -0.123. The van der Waals surface area contributed by atoms with Crippen LogP contribution in [0.3, 0.4) is 0 Å². The number of nitrogens with zero attached hydrogens (tertiary/aromatic N) is 4. The minimum atomic E-state index is -0.863. The van der Waals surface area contributed by atoms with E-state index in [9.17, 15) is 25.0 Å². The molecule has 2 aromatic carbocycles. The first-order valence-corrected chi connectivity index (χ1v) is 9.54. The molecule has 0 bridgehead atoms. The highest BCUT2D eigenvalue weighted by molar-refractivity contribution is 5.99. The summed E-state index contributed by atoms with van der Waals surface area (Å²) in [5, 5.41) is 22.9. The molecular formula is C20H22N4O7. The van der Waals surface area contributed by atoms with Crippen LogP contribution < -0.4 is 14.5 Å². The quantitative estimate of drug-likeness (QED) is 0.386. The number of carbonyl (C=O) groups is 1. The van der Waals surface area contributed by atoms with Gasteiger partial charge in [-0.25, -0.2) is 4.79 Å². The lowest BCUT2D eigenvalue weighted by Crippen LogP contribution is -2.32. The van der Waals surface area contributed by atoms with E-state index < -0.39 is 27.2 Å². The third kappa shape index (κ3) is 4.65. The molecule has 2 aromatic rings. The van der Waals surface area contributed by atoms with Crippen molar-refractivity contribution in [3.63, 3.8) is 0 Å². The molecule has 1 aliphatic rings. The molecule has 0 N–H and O–H groups in total. The van der Waals surface area contributed by atoms with Gasteiger partial charge < -0.3 is 19.3 Å². The minimum absolute atomic E-state index is 0.0408. The largest absolute Gasteiger partial charge is 0.497 e. The van der Waals surface area contributed by atoms with E-state index >= 15 is 0 Å². The molecule has 0 aliphatic carbocycles. The van der Waals surface area contributed by atoms with Gasteiger partial charge in [-0.3, -0.25) is 20.2 Å². The molecule has 3 rings (SSSR count). The highest BCUT2D eigenvalue weighted by Gasteiger charge is 2.32. The third-order valence-corrected chi connectivity index (χ3v) is 5.14. The summed E-state index contributed by atoms with van der Waals surface area (Å²) in [6, 6.07) is 9.49. The fraction of sp³-hybridized carbons (Fsp3) is 0.350. The second-order valence-corrected chi connectivity index (χ2v) is 6.89. The number of non-ortho nitro benzene ring substituents is 1. The summed E-state index contributed by atoms with van der Waals surface area (Å²) < 4.78 is 9.93. The molecule has 11 nitrogen and oxygen atoms in total. The average Bonchev–Trinajstić information content (AvgIpc) is 3.03. The summed E-state index contributed by atoms with van der Waals surface area (Å²) in [5.41, 5.74) is -0.201. The Kier molecular flexibility index (Phi) is 6.53. The number of hydrogen-bond donors (Lipinski definition) is 0. The van der Waals surface area contributed by atoms with Gasteiger partial charge in [-0.15, -0.1) is 0 Å². The number of ether oxygens (including phenoxy) is 2. The molecule has 1 saturated heterocycles. The van der Waals surface area contributed by atoms with Crippen LogP contribution in [0.1, 0.15) is 16.8 Å². The van der Waals surface area contributed by atoms with Crippen molar-refractivity contribution in [2.75, 3.05) is 50.2 Å². The summed E-state index contributed by atoms with van der Waals surface area (Å²) in [7, 11) is 2.72. The average molecular weight is 430 g/mol. The van der Waals surface area contributed by atoms with Crippen molar-refractivity contribution in [3.8, 4) is 5.75 Å². The Morgan fingerprint density at radius 3 is 2.16 bits per heavy atom. The van der Waals surface area contributed by atoms with Crippen LogP contribution in [0.2, 0.25) is 0 Å². The van der Waals surface area contributed by atoms with Crippen molar-refractivity contribution in [1.82, 2.24) is 0 Å². The summed E-state index contributed by atoms with van der Waals surface area (Å²) in [6.07, 6.45) is 0.667. The Balaban J connectivity index is 1.96. The van der Waals surface area contributed by atoms with Crippen molar-refractivity contribution < 1.29 is 24.1 Å². The lowest BCUT2D eigenvalue weighted by Gasteiger charge is -2.25. The van der Waals surface area contributed by atoms with Gasteiger partial charge in [-0.05, 0) is 30.7 Å². The van der Waals surface area contributed by atoms with E-state index in [1.54, 1.807) is 12.0 Å². The van der Waals surface area contributed by atoms with Crippen LogP contribution in [-0.2, 0) is 4.74 Å². The number of nitro benzene ring substituents is 2. The first kappa shape index (κ1) is 21.8. The zero-order valence-corrected chi connectivity index (χ0v) is 17.1. The molecule has 1 heterocycles. The second kappa shape index (κ2) is 9.28. The van der Waals surface area contributed by atoms with Gasteiger partial charge in [-0.1, -0.05) is 0 Å². The van der Waals surface area contributed by atoms with Gasteiger partial charge in [0.25, 0.3) is 11.4 Å². The zero-order valence-electron chi connectivity index (χ0n) is 17.1. The van der Waals surface area contributed by atoms with Crippen molar-refractivity contribution >= 4 is 28.7 Å². The third-order valence-electron chi connectivity index (χ3n) is 5.14. The van der Waals surface area contributed by atoms with Crippen molar-refractivity contribution in [2.24, 2.45) is 0 Å². The number of nitro groups is 2. The van der Waals surface area contributed by atoms with Crippen LogP contribution in [0.4, 0.5) is 22.7 Å². The minimum Gasteiger partial charge on any atom is -0.497 e. The van der Waals surface area contributed by atoms with Crippen LogP contribution in [0.5, 0.6) is 5.75 Å². The molecule has 1 fully saturated rings. The lowest BCUT2D eigenvalue weighted by molar-refractivity contribution is -0.393. The van der Waals surface area contributed by atoms with Crippen molar-refractivity contribution in [1.29, 1.82) is 0 Å². The second-order valence-electron chi connectivity index (χ2n) is 6.89. The predicted octanol–water partition coefficient (Wildman–Crippen LogP) is 3.01. The topological polar surface area (TPSA) is 128 Å². The normalized spacial score (nSPS) is 14.0. The van der Waals surface area contributed by atoms with E-state index in [2.05, 4.69) is 4.90 Å². The van der Waals surface area contributed by atoms with Crippen molar-refractivity contribution in [2.45, 2.75) is 6.42 Å². The fourth-order valence-corrected chi connectivity index (χ4v) is 3.64. The van der Waals surface area contributed by atoms with E-state index in [1.165, 1.54) is 0 Å². The first-order valence-electron chi connectivity index (χ1n) is 9.54. The highest BCUT2D eigenvalue weighted by Crippen LogP contribution is 2.37. The summed E-state index contributed by atoms with van der Waals surface area (Å²) in [6.45, 7) is 2.07. The van der Waals surface area contributed by atoms with E-state index in [-0.39, 0.29) is 11.3 Å². The molecule has 0 unspecified atom stereocenters. The highest BCUT2D eigenvalue weighted by atomic mass is 16.6. The molecule has 31 heavy (non-hydrogen) atoms. The number of benzene rings is 2. The molecule has 0 atom stereocenters. The Hall–Kier alpha value is -3.89. The van der Waals surface area contributed by atoms with E-state index in [0.29, 0.717) is 32.6 Å². The molecule has 0 amide bonds. The van der Waals surface area contributed by atoms with Gasteiger partial charge >= 0.3 is 5.97 Å². The maximum atomic E-state index is 12.3. The standard InChI is InChI=1S/C20H22N4O7/c1-30-16-6-4-14(5-7-16)21-8-3-9-22(11-10-21)19-17(20(25)31-2)12-15(23(26)27)13-18(19)24(28)29/h4-7,12-13H,3,8-11H2,1-2H3. The van der Waals surface area contributed by atoms with Crippen LogP contribution in [0.15, 0.2) is 36.4 Å². The summed E-state index contributed by atoms with van der Waals surface area (Å²) in [4.78, 5) is 37.7. The Labute approximate surface area is 178 Å². The SMILES string of the molecule is COC(=O)c1cc([N+](=O)[O-])cc([N+](=O)[O-])c1N1CCCN(c2ccc(OC)cc2)CC1. The monoisotopic (exact) mass is 430 g/mol. The number of carbonyl (C=O) groups excluding carboxylic acids is 1. The van der Waals surface area contributed by atoms with Crippen LogP contribution in [-0.4, -0.2) is 56.2 Å². The Morgan fingerprint density at radius 2 is 1.58 bits per heavy atom. The molecule has 1 aliphatic heterocycles. The van der Waals surface area contributed by atoms with E-state index in [0.717, 1.165) is 30.7 Å². The smallest absolute Gasteiger partial charge is 0.340 e. The van der Waals surface area contributed by atoms with E-state index in [4.69, 9.17) is 9.47 Å². The van der Waals surface area contributed by atoms with E-state index in [1.807, 2.05) is 24.3 Å². The molecular weight excluding hydrogens is 408 g/mol. The van der Waals surface area contributed by atoms with Crippen LogP contribution in [0, 0.1) is 20.2 Å². The molecule has 11 heteroatoms. The van der Waals surface area contributed by atoms with Gasteiger partial charge in [-0.2, -0.15) is 0 Å². The van der Waals surface area contributed by atoms with Crippen LogP contribution >= 0.6 is 0 Å². The molecule has 0 saturated carbocycles. The molecule has 164 valence electrons. The number of esters is 1. The van der Waals surface area contributed by atoms with Crippen LogP contribution in [0.25, 0.3) is 0 Å².